The second-order valence-corrected chi connectivity index (χ2v) is 3.64. The van der Waals surface area contributed by atoms with Gasteiger partial charge in [0, 0.05) is 17.8 Å². The molecule has 1 fully saturated rings. The second kappa shape index (κ2) is 3.78. The normalized spacial score (nSPS) is 25.2. The Labute approximate surface area is 83.1 Å². The van der Waals surface area contributed by atoms with Crippen molar-refractivity contribution in [1.29, 1.82) is 0 Å². The first kappa shape index (κ1) is 9.19. The van der Waals surface area contributed by atoms with Gasteiger partial charge in [0.25, 0.3) is 0 Å². The summed E-state index contributed by atoms with van der Waals surface area (Å²) in [6.07, 6.45) is 3.55. The summed E-state index contributed by atoms with van der Waals surface area (Å²) in [5.41, 5.74) is 1.09. The molecule has 1 aliphatic carbocycles. The fraction of sp³-hybridized carbons (Fsp3) is 0.455. The molecule has 1 aromatic heterocycles. The van der Waals surface area contributed by atoms with Gasteiger partial charge in [-0.25, -0.2) is 0 Å². The van der Waals surface area contributed by atoms with Gasteiger partial charge in [0.05, 0.1) is 13.0 Å². The third-order valence-corrected chi connectivity index (χ3v) is 2.78. The van der Waals surface area contributed by atoms with Crippen LogP contribution < -0.4 is 0 Å². The molecule has 1 aliphatic rings. The third kappa shape index (κ3) is 1.62. The fourth-order valence-electron chi connectivity index (χ4n) is 1.84. The van der Waals surface area contributed by atoms with Crippen molar-refractivity contribution in [3.05, 3.63) is 30.1 Å². The Morgan fingerprint density at radius 2 is 2.29 bits per heavy atom. The quantitative estimate of drug-likeness (QED) is 0.668. The van der Waals surface area contributed by atoms with Crippen LogP contribution in [-0.4, -0.2) is 18.1 Å². The van der Waals surface area contributed by atoms with E-state index >= 15 is 0 Å². The first-order valence-corrected chi connectivity index (χ1v) is 4.80. The number of aromatic nitrogens is 1. The van der Waals surface area contributed by atoms with Crippen LogP contribution in [0.2, 0.25) is 0 Å². The summed E-state index contributed by atoms with van der Waals surface area (Å²) in [6, 6.07) is 5.89. The number of ether oxygens (including phenoxy) is 1. The highest BCUT2D eigenvalue weighted by molar-refractivity contribution is 5.73. The molecule has 1 aromatic rings. The maximum Gasteiger partial charge on any atom is 0.308 e. The van der Waals surface area contributed by atoms with E-state index in [4.69, 9.17) is 0 Å². The molecule has 0 aromatic carbocycles. The molecule has 0 amide bonds. The Balaban J connectivity index is 1.92. The summed E-state index contributed by atoms with van der Waals surface area (Å²) in [5, 5.41) is 0. The summed E-state index contributed by atoms with van der Waals surface area (Å²) in [7, 11) is 1.44. The summed E-state index contributed by atoms with van der Waals surface area (Å²) >= 11 is 0. The SMILES string of the molecule is COC(=O)[C@H]1C[C@@H](c2ccccn2)C1. The van der Waals surface area contributed by atoms with Crippen LogP contribution in [0.4, 0.5) is 0 Å². The molecule has 0 bridgehead atoms. The van der Waals surface area contributed by atoms with Gasteiger partial charge in [-0.15, -0.1) is 0 Å². The molecular weight excluding hydrogens is 178 g/mol. The highest BCUT2D eigenvalue weighted by Gasteiger charge is 2.36. The Bertz CT molecular complexity index is 317. The van der Waals surface area contributed by atoms with E-state index in [-0.39, 0.29) is 11.9 Å². The number of hydrogen-bond acceptors (Lipinski definition) is 3. The van der Waals surface area contributed by atoms with Crippen molar-refractivity contribution in [2.24, 2.45) is 5.92 Å². The Morgan fingerprint density at radius 3 is 2.86 bits per heavy atom. The maximum absolute atomic E-state index is 11.1. The number of esters is 1. The number of nitrogens with zero attached hydrogens (tertiary/aromatic N) is 1. The predicted molar refractivity (Wildman–Crippen MR) is 51.7 cm³/mol. The minimum atomic E-state index is -0.0859. The van der Waals surface area contributed by atoms with E-state index < -0.39 is 0 Å². The van der Waals surface area contributed by atoms with E-state index in [1.165, 1.54) is 7.11 Å². The van der Waals surface area contributed by atoms with Gasteiger partial charge in [-0.1, -0.05) is 6.07 Å². The van der Waals surface area contributed by atoms with Gasteiger partial charge in [-0.3, -0.25) is 9.78 Å². The molecule has 0 radical (unpaired) electrons. The molecule has 1 heterocycles. The molecular formula is C11H13NO2. The van der Waals surface area contributed by atoms with Gasteiger partial charge in [0.15, 0.2) is 0 Å². The maximum atomic E-state index is 11.1. The van der Waals surface area contributed by atoms with Crippen LogP contribution in [0.1, 0.15) is 24.5 Å². The average Bonchev–Trinajstić information content (AvgIpc) is 2.17. The number of carbonyl (C=O) groups excluding carboxylic acids is 1. The summed E-state index contributed by atoms with van der Waals surface area (Å²) in [6.45, 7) is 0. The fourth-order valence-corrected chi connectivity index (χ4v) is 1.84. The van der Waals surface area contributed by atoms with Crippen LogP contribution in [0.5, 0.6) is 0 Å². The van der Waals surface area contributed by atoms with Crippen molar-refractivity contribution in [2.75, 3.05) is 7.11 Å². The smallest absolute Gasteiger partial charge is 0.308 e. The van der Waals surface area contributed by atoms with Crippen molar-refractivity contribution in [3.8, 4) is 0 Å². The molecule has 0 spiro atoms. The van der Waals surface area contributed by atoms with E-state index in [0.29, 0.717) is 5.92 Å². The van der Waals surface area contributed by atoms with Crippen molar-refractivity contribution in [1.82, 2.24) is 4.98 Å². The Kier molecular flexibility index (Phi) is 2.48. The lowest BCUT2D eigenvalue weighted by Gasteiger charge is -2.32. The molecule has 0 atom stereocenters. The molecule has 3 heteroatoms. The largest absolute Gasteiger partial charge is 0.469 e. The van der Waals surface area contributed by atoms with Crippen LogP contribution in [0, 0.1) is 5.92 Å². The van der Waals surface area contributed by atoms with Gasteiger partial charge in [0.1, 0.15) is 0 Å². The van der Waals surface area contributed by atoms with Gasteiger partial charge in [-0.05, 0) is 25.0 Å². The number of carbonyl (C=O) groups is 1. The van der Waals surface area contributed by atoms with Gasteiger partial charge >= 0.3 is 5.97 Å². The molecule has 0 saturated heterocycles. The minimum absolute atomic E-state index is 0.0859. The van der Waals surface area contributed by atoms with Crippen LogP contribution in [0.25, 0.3) is 0 Å². The standard InChI is InChI=1S/C11H13NO2/c1-14-11(13)9-6-8(7-9)10-4-2-3-5-12-10/h2-5,8-9H,6-7H2,1H3/t8-,9+. The first-order chi connectivity index (χ1) is 6.81. The van der Waals surface area contributed by atoms with Gasteiger partial charge < -0.3 is 4.74 Å². The van der Waals surface area contributed by atoms with Gasteiger partial charge in [0.2, 0.25) is 0 Å². The molecule has 0 aliphatic heterocycles. The zero-order valence-corrected chi connectivity index (χ0v) is 8.14. The van der Waals surface area contributed by atoms with Crippen molar-refractivity contribution >= 4 is 5.97 Å². The lowest BCUT2D eigenvalue weighted by atomic mass is 9.73. The molecule has 2 rings (SSSR count). The number of pyridine rings is 1. The molecule has 74 valence electrons. The monoisotopic (exact) mass is 191 g/mol. The lowest BCUT2D eigenvalue weighted by Crippen LogP contribution is -2.30. The average molecular weight is 191 g/mol. The molecule has 3 nitrogen and oxygen atoms in total. The number of methoxy groups -OCH3 is 1. The Morgan fingerprint density at radius 1 is 1.50 bits per heavy atom. The molecule has 0 unspecified atom stereocenters. The summed E-state index contributed by atoms with van der Waals surface area (Å²) in [5.74, 6) is 0.449. The van der Waals surface area contributed by atoms with Crippen molar-refractivity contribution in [3.63, 3.8) is 0 Å². The lowest BCUT2D eigenvalue weighted by molar-refractivity contribution is -0.148. The van der Waals surface area contributed by atoms with E-state index in [1.807, 2.05) is 18.2 Å². The summed E-state index contributed by atoms with van der Waals surface area (Å²) in [4.78, 5) is 15.4. The molecule has 0 N–H and O–H groups in total. The van der Waals surface area contributed by atoms with E-state index in [9.17, 15) is 4.79 Å². The van der Waals surface area contributed by atoms with E-state index in [0.717, 1.165) is 18.5 Å². The van der Waals surface area contributed by atoms with Crippen molar-refractivity contribution in [2.45, 2.75) is 18.8 Å². The van der Waals surface area contributed by atoms with Crippen LogP contribution >= 0.6 is 0 Å². The topological polar surface area (TPSA) is 39.2 Å². The zero-order valence-electron chi connectivity index (χ0n) is 8.14. The van der Waals surface area contributed by atoms with Crippen LogP contribution in [-0.2, 0) is 9.53 Å². The third-order valence-electron chi connectivity index (χ3n) is 2.78. The number of rotatable bonds is 2. The molecule has 1 saturated carbocycles. The Hall–Kier alpha value is -1.38. The number of hydrogen-bond donors (Lipinski definition) is 0. The van der Waals surface area contributed by atoms with Gasteiger partial charge in [-0.2, -0.15) is 0 Å². The van der Waals surface area contributed by atoms with E-state index in [2.05, 4.69) is 9.72 Å². The molecule has 14 heavy (non-hydrogen) atoms. The minimum Gasteiger partial charge on any atom is -0.469 e. The van der Waals surface area contributed by atoms with Crippen molar-refractivity contribution < 1.29 is 9.53 Å². The highest BCUT2D eigenvalue weighted by atomic mass is 16.5. The second-order valence-electron chi connectivity index (χ2n) is 3.64. The predicted octanol–water partition coefficient (Wildman–Crippen LogP) is 1.75. The summed E-state index contributed by atoms with van der Waals surface area (Å²) < 4.78 is 4.68. The first-order valence-electron chi connectivity index (χ1n) is 4.80. The van der Waals surface area contributed by atoms with Crippen LogP contribution in [0.15, 0.2) is 24.4 Å². The van der Waals surface area contributed by atoms with Crippen LogP contribution in [0.3, 0.4) is 0 Å². The highest BCUT2D eigenvalue weighted by Crippen LogP contribution is 2.41. The zero-order chi connectivity index (χ0) is 9.97. The van der Waals surface area contributed by atoms with E-state index in [1.54, 1.807) is 6.20 Å².